The van der Waals surface area contributed by atoms with Gasteiger partial charge in [0.05, 0.1) is 6.61 Å². The SMILES string of the molecule is CCCCCOc1nc(N(C)c2cccc(CCC)c2)ncc1C(F)(F)F. The van der Waals surface area contributed by atoms with Crippen molar-refractivity contribution in [3.05, 3.63) is 41.6 Å². The molecule has 0 saturated heterocycles. The van der Waals surface area contributed by atoms with E-state index in [1.165, 1.54) is 0 Å². The van der Waals surface area contributed by atoms with Crippen molar-refractivity contribution in [3.8, 4) is 5.88 Å². The van der Waals surface area contributed by atoms with Crippen molar-refractivity contribution in [2.45, 2.75) is 52.1 Å². The maximum Gasteiger partial charge on any atom is 0.423 e. The van der Waals surface area contributed by atoms with Crippen LogP contribution < -0.4 is 9.64 Å². The van der Waals surface area contributed by atoms with Crippen LogP contribution in [0.25, 0.3) is 0 Å². The van der Waals surface area contributed by atoms with E-state index in [1.807, 2.05) is 31.2 Å². The molecule has 0 aliphatic rings. The minimum absolute atomic E-state index is 0.169. The number of ether oxygens (including phenoxy) is 1. The van der Waals surface area contributed by atoms with Crippen molar-refractivity contribution in [2.75, 3.05) is 18.6 Å². The average Bonchev–Trinajstić information content (AvgIpc) is 2.64. The minimum atomic E-state index is -4.56. The number of aromatic nitrogens is 2. The highest BCUT2D eigenvalue weighted by Gasteiger charge is 2.36. The first-order valence-electron chi connectivity index (χ1n) is 9.26. The highest BCUT2D eigenvalue weighted by molar-refractivity contribution is 5.58. The zero-order valence-electron chi connectivity index (χ0n) is 16.0. The van der Waals surface area contributed by atoms with E-state index in [1.54, 1.807) is 11.9 Å². The summed E-state index contributed by atoms with van der Waals surface area (Å²) in [4.78, 5) is 9.64. The van der Waals surface area contributed by atoms with Gasteiger partial charge in [-0.3, -0.25) is 0 Å². The maximum absolute atomic E-state index is 13.2. The van der Waals surface area contributed by atoms with Crippen LogP contribution in [0.3, 0.4) is 0 Å². The van der Waals surface area contributed by atoms with Crippen LogP contribution in [0.2, 0.25) is 0 Å². The number of hydrogen-bond donors (Lipinski definition) is 0. The van der Waals surface area contributed by atoms with Gasteiger partial charge in [-0.15, -0.1) is 0 Å². The van der Waals surface area contributed by atoms with Gasteiger partial charge in [-0.25, -0.2) is 4.98 Å². The fourth-order valence-corrected chi connectivity index (χ4v) is 2.67. The van der Waals surface area contributed by atoms with Crippen LogP contribution in [0, 0.1) is 0 Å². The molecule has 27 heavy (non-hydrogen) atoms. The molecule has 4 nitrogen and oxygen atoms in total. The van der Waals surface area contributed by atoms with Gasteiger partial charge in [-0.2, -0.15) is 18.2 Å². The summed E-state index contributed by atoms with van der Waals surface area (Å²) in [6.45, 7) is 4.31. The standard InChI is InChI=1S/C20H26F3N3O/c1-4-6-7-12-27-18-17(20(21,22)23)14-24-19(25-18)26(3)16-11-8-10-15(13-16)9-5-2/h8,10-11,13-14H,4-7,9,12H2,1-3H3. The highest BCUT2D eigenvalue weighted by Crippen LogP contribution is 2.36. The molecule has 0 aliphatic carbocycles. The number of benzene rings is 1. The lowest BCUT2D eigenvalue weighted by Gasteiger charge is -2.20. The van der Waals surface area contributed by atoms with E-state index >= 15 is 0 Å². The molecule has 0 spiro atoms. The molecule has 0 bridgehead atoms. The van der Waals surface area contributed by atoms with E-state index in [9.17, 15) is 13.2 Å². The molecule has 0 fully saturated rings. The van der Waals surface area contributed by atoms with E-state index in [-0.39, 0.29) is 12.6 Å². The number of nitrogens with zero attached hydrogens (tertiary/aromatic N) is 3. The monoisotopic (exact) mass is 381 g/mol. The maximum atomic E-state index is 13.2. The Labute approximate surface area is 158 Å². The normalized spacial score (nSPS) is 11.5. The summed E-state index contributed by atoms with van der Waals surface area (Å²) in [6, 6.07) is 7.81. The van der Waals surface area contributed by atoms with Crippen molar-refractivity contribution in [1.82, 2.24) is 9.97 Å². The molecule has 0 atom stereocenters. The summed E-state index contributed by atoms with van der Waals surface area (Å²) in [6.07, 6.45) is 0.718. The van der Waals surface area contributed by atoms with Gasteiger partial charge in [0, 0.05) is 18.9 Å². The third-order valence-electron chi connectivity index (χ3n) is 4.17. The predicted molar refractivity (Wildman–Crippen MR) is 101 cm³/mol. The van der Waals surface area contributed by atoms with Crippen LogP contribution in [0.4, 0.5) is 24.8 Å². The third-order valence-corrected chi connectivity index (χ3v) is 4.17. The van der Waals surface area contributed by atoms with E-state index in [4.69, 9.17) is 4.74 Å². The number of unbranched alkanes of at least 4 members (excludes halogenated alkanes) is 2. The first kappa shape index (κ1) is 21.0. The molecule has 1 aromatic heterocycles. The van der Waals surface area contributed by atoms with E-state index in [0.29, 0.717) is 6.42 Å². The topological polar surface area (TPSA) is 38.2 Å². The number of alkyl halides is 3. The van der Waals surface area contributed by atoms with E-state index in [2.05, 4.69) is 16.9 Å². The average molecular weight is 381 g/mol. The molecule has 0 aliphatic heterocycles. The molecule has 7 heteroatoms. The first-order valence-corrected chi connectivity index (χ1v) is 9.26. The summed E-state index contributed by atoms with van der Waals surface area (Å²) >= 11 is 0. The molecular weight excluding hydrogens is 355 g/mol. The van der Waals surface area contributed by atoms with Crippen molar-refractivity contribution in [1.29, 1.82) is 0 Å². The van der Waals surface area contributed by atoms with Crippen LogP contribution in [0.15, 0.2) is 30.5 Å². The van der Waals surface area contributed by atoms with Crippen molar-refractivity contribution in [2.24, 2.45) is 0 Å². The molecule has 1 aromatic carbocycles. The molecule has 0 N–H and O–H groups in total. The van der Waals surface area contributed by atoms with E-state index < -0.39 is 17.6 Å². The molecule has 0 amide bonds. The smallest absolute Gasteiger partial charge is 0.423 e. The predicted octanol–water partition coefficient (Wildman–Crippen LogP) is 5.78. The van der Waals surface area contributed by atoms with Crippen LogP contribution >= 0.6 is 0 Å². The number of aryl methyl sites for hydroxylation is 1. The fraction of sp³-hybridized carbons (Fsp3) is 0.500. The number of rotatable bonds is 9. The summed E-state index contributed by atoms with van der Waals surface area (Å²) < 4.78 is 45.1. The van der Waals surface area contributed by atoms with E-state index in [0.717, 1.165) is 43.1 Å². The summed E-state index contributed by atoms with van der Waals surface area (Å²) in [7, 11) is 1.73. The minimum Gasteiger partial charge on any atom is -0.477 e. The van der Waals surface area contributed by atoms with Crippen molar-refractivity contribution in [3.63, 3.8) is 0 Å². The van der Waals surface area contributed by atoms with Gasteiger partial charge >= 0.3 is 6.18 Å². The summed E-state index contributed by atoms with van der Waals surface area (Å²) in [5.41, 5.74) is 1.03. The molecule has 1 heterocycles. The van der Waals surface area contributed by atoms with Gasteiger partial charge in [0.1, 0.15) is 5.56 Å². The first-order chi connectivity index (χ1) is 12.9. The zero-order chi connectivity index (χ0) is 19.9. The quantitative estimate of drug-likeness (QED) is 0.516. The third kappa shape index (κ3) is 5.84. The molecule has 0 saturated carbocycles. The van der Waals surface area contributed by atoms with Crippen molar-refractivity contribution >= 4 is 11.6 Å². The molecular formula is C20H26F3N3O. The molecule has 0 unspecified atom stereocenters. The number of anilines is 2. The van der Waals surface area contributed by atoms with Gasteiger partial charge < -0.3 is 9.64 Å². The number of hydrogen-bond acceptors (Lipinski definition) is 4. The van der Waals surface area contributed by atoms with Gasteiger partial charge in [-0.1, -0.05) is 45.2 Å². The Morgan fingerprint density at radius 2 is 1.89 bits per heavy atom. The lowest BCUT2D eigenvalue weighted by molar-refractivity contribution is -0.139. The Morgan fingerprint density at radius 3 is 2.56 bits per heavy atom. The number of halogens is 3. The van der Waals surface area contributed by atoms with Crippen LogP contribution in [-0.4, -0.2) is 23.6 Å². The lowest BCUT2D eigenvalue weighted by Crippen LogP contribution is -2.17. The van der Waals surface area contributed by atoms with Crippen LogP contribution in [-0.2, 0) is 12.6 Å². The van der Waals surface area contributed by atoms with Crippen LogP contribution in [0.5, 0.6) is 5.88 Å². The van der Waals surface area contributed by atoms with Gasteiger partial charge in [-0.05, 0) is 30.5 Å². The summed E-state index contributed by atoms with van der Waals surface area (Å²) in [5.74, 6) is -0.248. The zero-order valence-corrected chi connectivity index (χ0v) is 16.0. The Balaban J connectivity index is 2.29. The lowest BCUT2D eigenvalue weighted by atomic mass is 10.1. The van der Waals surface area contributed by atoms with Gasteiger partial charge in [0.25, 0.3) is 0 Å². The second-order valence-corrected chi connectivity index (χ2v) is 6.42. The Kier molecular flexibility index (Phi) is 7.45. The van der Waals surface area contributed by atoms with Gasteiger partial charge in [0.2, 0.25) is 11.8 Å². The molecule has 2 rings (SSSR count). The second-order valence-electron chi connectivity index (χ2n) is 6.42. The largest absolute Gasteiger partial charge is 0.477 e. The van der Waals surface area contributed by atoms with Gasteiger partial charge in [0.15, 0.2) is 0 Å². The van der Waals surface area contributed by atoms with Crippen LogP contribution in [0.1, 0.15) is 50.7 Å². The second kappa shape index (κ2) is 9.58. The van der Waals surface area contributed by atoms with Crippen molar-refractivity contribution < 1.29 is 17.9 Å². The summed E-state index contributed by atoms with van der Waals surface area (Å²) in [5, 5.41) is 0. The Bertz CT molecular complexity index is 735. The molecule has 0 radical (unpaired) electrons. The Hall–Kier alpha value is -2.31. The molecule has 148 valence electrons. The molecule has 2 aromatic rings. The Morgan fingerprint density at radius 1 is 1.11 bits per heavy atom. The highest BCUT2D eigenvalue weighted by atomic mass is 19.4. The fourth-order valence-electron chi connectivity index (χ4n) is 2.67.